The van der Waals surface area contributed by atoms with Gasteiger partial charge >= 0.3 is 0 Å². The number of hydrogen-bond donors (Lipinski definition) is 5. The molecule has 10 heteroatoms. The Bertz CT molecular complexity index is 1210. The van der Waals surface area contributed by atoms with Crippen LogP contribution in [0.15, 0.2) is 54.6 Å². The van der Waals surface area contributed by atoms with Crippen molar-refractivity contribution in [2.75, 3.05) is 0 Å². The van der Waals surface area contributed by atoms with Crippen molar-refractivity contribution < 1.29 is 34.1 Å². The summed E-state index contributed by atoms with van der Waals surface area (Å²) in [6.07, 6.45) is 0. The van der Waals surface area contributed by atoms with Crippen LogP contribution in [-0.2, 0) is 0 Å². The Kier molecular flexibility index (Phi) is 5.64. The zero-order valence-corrected chi connectivity index (χ0v) is 15.9. The lowest BCUT2D eigenvalue weighted by Crippen LogP contribution is -2.14. The molecule has 0 radical (unpaired) electrons. The molecule has 3 rings (SSSR count). The van der Waals surface area contributed by atoms with Gasteiger partial charge in [0.05, 0.1) is 16.7 Å². The standard InChI is InChI=1S/C21H17N3O7/c22-19(27)13-7-10(25)1-4-16(13)30-12-3-6-18(15(9-12)21(24)29)31-17-5-2-11(26)8-14(17)20(23)28/h1-9,25-26H,(H2,22,27)(H2,23,28)(H2,24,29). The lowest BCUT2D eigenvalue weighted by atomic mass is 10.1. The molecule has 3 amide bonds. The topological polar surface area (TPSA) is 188 Å². The summed E-state index contributed by atoms with van der Waals surface area (Å²) < 4.78 is 11.2. The first-order chi connectivity index (χ1) is 14.7. The molecule has 8 N–H and O–H groups in total. The van der Waals surface area contributed by atoms with Crippen LogP contribution in [0.3, 0.4) is 0 Å². The number of rotatable bonds is 7. The third-order valence-electron chi connectivity index (χ3n) is 4.12. The number of amides is 3. The van der Waals surface area contributed by atoms with E-state index in [-0.39, 0.29) is 51.2 Å². The number of aromatic hydroxyl groups is 2. The summed E-state index contributed by atoms with van der Waals surface area (Å²) in [6, 6.07) is 11.5. The molecule has 0 heterocycles. The molecule has 0 aliphatic rings. The number of hydrogen-bond acceptors (Lipinski definition) is 7. The molecule has 0 aliphatic heterocycles. The van der Waals surface area contributed by atoms with Crippen molar-refractivity contribution in [3.8, 4) is 34.5 Å². The molecular formula is C21H17N3O7. The van der Waals surface area contributed by atoms with Crippen molar-refractivity contribution in [2.24, 2.45) is 17.2 Å². The minimum Gasteiger partial charge on any atom is -0.508 e. The van der Waals surface area contributed by atoms with E-state index in [0.29, 0.717) is 0 Å². The summed E-state index contributed by atoms with van der Waals surface area (Å²) >= 11 is 0. The van der Waals surface area contributed by atoms with Gasteiger partial charge in [0, 0.05) is 0 Å². The third-order valence-corrected chi connectivity index (χ3v) is 4.12. The molecule has 31 heavy (non-hydrogen) atoms. The predicted molar refractivity (Wildman–Crippen MR) is 108 cm³/mol. The van der Waals surface area contributed by atoms with Gasteiger partial charge in [0.15, 0.2) is 0 Å². The van der Waals surface area contributed by atoms with E-state index < -0.39 is 17.7 Å². The number of phenols is 2. The van der Waals surface area contributed by atoms with Gasteiger partial charge in [-0.3, -0.25) is 14.4 Å². The molecule has 0 saturated carbocycles. The summed E-state index contributed by atoms with van der Waals surface area (Å²) in [6.45, 7) is 0. The monoisotopic (exact) mass is 423 g/mol. The molecule has 0 fully saturated rings. The Hall–Kier alpha value is -4.73. The largest absolute Gasteiger partial charge is 0.508 e. The Labute approximate surface area is 175 Å². The summed E-state index contributed by atoms with van der Waals surface area (Å²) in [7, 11) is 0. The highest BCUT2D eigenvalue weighted by Crippen LogP contribution is 2.34. The summed E-state index contributed by atoms with van der Waals surface area (Å²) in [5, 5.41) is 19.1. The van der Waals surface area contributed by atoms with Crippen LogP contribution in [0.1, 0.15) is 31.1 Å². The third kappa shape index (κ3) is 4.65. The number of benzene rings is 3. The van der Waals surface area contributed by atoms with Crippen molar-refractivity contribution in [1.82, 2.24) is 0 Å². The van der Waals surface area contributed by atoms with Crippen LogP contribution in [0.25, 0.3) is 0 Å². The fourth-order valence-electron chi connectivity index (χ4n) is 2.70. The minimum absolute atomic E-state index is 0.00369. The number of phenolic OH excluding ortho intramolecular Hbond substituents is 2. The average molecular weight is 423 g/mol. The van der Waals surface area contributed by atoms with E-state index in [0.717, 1.165) is 12.1 Å². The fourth-order valence-corrected chi connectivity index (χ4v) is 2.70. The highest BCUT2D eigenvalue weighted by atomic mass is 16.5. The van der Waals surface area contributed by atoms with Crippen molar-refractivity contribution in [3.05, 3.63) is 71.3 Å². The van der Waals surface area contributed by atoms with E-state index in [9.17, 15) is 24.6 Å². The summed E-state index contributed by atoms with van der Waals surface area (Å²) in [5.41, 5.74) is 15.8. The second kappa shape index (κ2) is 8.33. The van der Waals surface area contributed by atoms with Crippen LogP contribution in [-0.4, -0.2) is 27.9 Å². The summed E-state index contributed by atoms with van der Waals surface area (Å²) in [4.78, 5) is 35.2. The van der Waals surface area contributed by atoms with Crippen LogP contribution >= 0.6 is 0 Å². The zero-order valence-electron chi connectivity index (χ0n) is 15.9. The van der Waals surface area contributed by atoms with Gasteiger partial charge < -0.3 is 36.9 Å². The van der Waals surface area contributed by atoms with Crippen LogP contribution in [0.5, 0.6) is 34.5 Å². The molecule has 0 atom stereocenters. The molecule has 0 aromatic heterocycles. The molecule has 158 valence electrons. The zero-order chi connectivity index (χ0) is 22.7. The van der Waals surface area contributed by atoms with Gasteiger partial charge in [0.2, 0.25) is 0 Å². The molecule has 0 bridgehead atoms. The minimum atomic E-state index is -0.860. The van der Waals surface area contributed by atoms with Crippen molar-refractivity contribution in [3.63, 3.8) is 0 Å². The normalized spacial score (nSPS) is 10.3. The predicted octanol–water partition coefficient (Wildman–Crippen LogP) is 1.98. The number of primary amides is 3. The Morgan fingerprint density at radius 1 is 0.581 bits per heavy atom. The maximum absolute atomic E-state index is 12.0. The Morgan fingerprint density at radius 2 is 0.968 bits per heavy atom. The molecule has 0 saturated heterocycles. The van der Waals surface area contributed by atoms with Crippen molar-refractivity contribution >= 4 is 17.7 Å². The van der Waals surface area contributed by atoms with E-state index in [4.69, 9.17) is 26.7 Å². The first-order valence-electron chi connectivity index (χ1n) is 8.71. The average Bonchev–Trinajstić information content (AvgIpc) is 2.71. The molecular weight excluding hydrogens is 406 g/mol. The van der Waals surface area contributed by atoms with Gasteiger partial charge in [-0.2, -0.15) is 0 Å². The number of carbonyl (C=O) groups excluding carboxylic acids is 3. The lowest BCUT2D eigenvalue weighted by Gasteiger charge is -2.14. The number of ether oxygens (including phenoxy) is 2. The number of carbonyl (C=O) groups is 3. The van der Waals surface area contributed by atoms with Crippen molar-refractivity contribution in [1.29, 1.82) is 0 Å². The van der Waals surface area contributed by atoms with E-state index in [1.54, 1.807) is 0 Å². The van der Waals surface area contributed by atoms with Crippen LogP contribution in [0.2, 0.25) is 0 Å². The molecule has 3 aromatic rings. The van der Waals surface area contributed by atoms with Crippen LogP contribution in [0, 0.1) is 0 Å². The molecule has 10 nitrogen and oxygen atoms in total. The van der Waals surface area contributed by atoms with Crippen LogP contribution in [0.4, 0.5) is 0 Å². The molecule has 3 aromatic carbocycles. The Balaban J connectivity index is 1.98. The first-order valence-corrected chi connectivity index (χ1v) is 8.71. The van der Waals surface area contributed by atoms with Gasteiger partial charge in [0.25, 0.3) is 17.7 Å². The lowest BCUT2D eigenvalue weighted by molar-refractivity contribution is 0.0987. The molecule has 0 spiro atoms. The summed E-state index contributed by atoms with van der Waals surface area (Å²) in [5.74, 6) is -2.75. The van der Waals surface area contributed by atoms with Gasteiger partial charge in [-0.15, -0.1) is 0 Å². The van der Waals surface area contributed by atoms with Crippen molar-refractivity contribution in [2.45, 2.75) is 0 Å². The smallest absolute Gasteiger partial charge is 0.252 e. The van der Waals surface area contributed by atoms with E-state index in [1.807, 2.05) is 0 Å². The van der Waals surface area contributed by atoms with Gasteiger partial charge in [-0.25, -0.2) is 0 Å². The number of nitrogens with two attached hydrogens (primary N) is 3. The SMILES string of the molecule is NC(=O)c1cc(O)ccc1Oc1ccc(Oc2ccc(O)cc2C(N)=O)c(C(N)=O)c1. The van der Waals surface area contributed by atoms with Gasteiger partial charge in [-0.1, -0.05) is 0 Å². The van der Waals surface area contributed by atoms with Gasteiger partial charge in [0.1, 0.15) is 34.5 Å². The maximum Gasteiger partial charge on any atom is 0.252 e. The molecule has 0 aliphatic carbocycles. The maximum atomic E-state index is 12.0. The van der Waals surface area contributed by atoms with Gasteiger partial charge in [-0.05, 0) is 54.6 Å². The Morgan fingerprint density at radius 3 is 1.42 bits per heavy atom. The molecule has 0 unspecified atom stereocenters. The highest BCUT2D eigenvalue weighted by Gasteiger charge is 2.18. The van der Waals surface area contributed by atoms with E-state index >= 15 is 0 Å². The highest BCUT2D eigenvalue weighted by molar-refractivity contribution is 5.98. The second-order valence-corrected chi connectivity index (χ2v) is 6.32. The quantitative estimate of drug-likeness (QED) is 0.384. The van der Waals surface area contributed by atoms with E-state index in [2.05, 4.69) is 0 Å². The van der Waals surface area contributed by atoms with Crippen LogP contribution < -0.4 is 26.7 Å². The fraction of sp³-hybridized carbons (Fsp3) is 0. The van der Waals surface area contributed by atoms with E-state index in [1.165, 1.54) is 42.5 Å². The first kappa shape index (κ1) is 21.0. The second-order valence-electron chi connectivity index (χ2n) is 6.32.